The third-order valence-electron chi connectivity index (χ3n) is 4.97. The molecule has 0 heterocycles. The Morgan fingerprint density at radius 3 is 2.46 bits per heavy atom. The van der Waals surface area contributed by atoms with Crippen LogP contribution in [0.5, 0.6) is 23.0 Å². The van der Waals surface area contributed by atoms with Gasteiger partial charge in [0.05, 0.1) is 21.3 Å². The Balaban J connectivity index is 1.61. The summed E-state index contributed by atoms with van der Waals surface area (Å²) in [7, 11) is 4.68. The van der Waals surface area contributed by atoms with E-state index in [-0.39, 0.29) is 12.5 Å². The maximum atomic E-state index is 12.3. The molecular weight excluding hydrogens is 358 g/mol. The maximum Gasteiger partial charge on any atom is 0.258 e. The Hall–Kier alpha value is -2.89. The molecule has 6 nitrogen and oxygen atoms in total. The van der Waals surface area contributed by atoms with Crippen LogP contribution in [0.1, 0.15) is 29.5 Å². The van der Waals surface area contributed by atoms with Crippen LogP contribution in [-0.4, -0.2) is 33.8 Å². The number of fused-ring (bicyclic) bond motifs is 1. The van der Waals surface area contributed by atoms with Gasteiger partial charge in [-0.15, -0.1) is 0 Å². The first-order chi connectivity index (χ1) is 13.7. The zero-order valence-corrected chi connectivity index (χ0v) is 16.7. The Kier molecular flexibility index (Phi) is 6.63. The van der Waals surface area contributed by atoms with Crippen molar-refractivity contribution in [2.45, 2.75) is 32.2 Å². The molecule has 1 aliphatic rings. The number of benzene rings is 2. The van der Waals surface area contributed by atoms with Gasteiger partial charge >= 0.3 is 0 Å². The fourth-order valence-electron chi connectivity index (χ4n) is 3.57. The minimum Gasteiger partial charge on any atom is -0.493 e. The van der Waals surface area contributed by atoms with Crippen LogP contribution in [0.15, 0.2) is 30.3 Å². The SMILES string of the molecule is COc1ccc(CNC(=O)COc2cccc3c2CCCC3)c(OC)c1OC. The predicted octanol–water partition coefficient (Wildman–Crippen LogP) is 3.29. The molecule has 0 fully saturated rings. The summed E-state index contributed by atoms with van der Waals surface area (Å²) >= 11 is 0. The van der Waals surface area contributed by atoms with E-state index in [1.54, 1.807) is 27.4 Å². The number of carbonyl (C=O) groups excluding carboxylic acids is 1. The van der Waals surface area contributed by atoms with E-state index in [0.717, 1.165) is 24.2 Å². The minimum absolute atomic E-state index is 0.0218. The number of aryl methyl sites for hydroxylation is 1. The third-order valence-corrected chi connectivity index (χ3v) is 4.97. The zero-order chi connectivity index (χ0) is 19.9. The average Bonchev–Trinajstić information content (AvgIpc) is 2.75. The molecule has 0 radical (unpaired) electrons. The van der Waals surface area contributed by atoms with Gasteiger partial charge in [-0.3, -0.25) is 4.79 Å². The van der Waals surface area contributed by atoms with E-state index in [1.165, 1.54) is 24.0 Å². The standard InChI is InChI=1S/C22H27NO5/c1-25-19-12-11-16(21(26-2)22(19)27-3)13-23-20(24)14-28-18-10-6-8-15-7-4-5-9-17(15)18/h6,8,10-12H,4-5,7,9,13-14H2,1-3H3,(H,23,24). The Morgan fingerprint density at radius 1 is 0.929 bits per heavy atom. The highest BCUT2D eigenvalue weighted by Crippen LogP contribution is 2.39. The quantitative estimate of drug-likeness (QED) is 0.755. The summed E-state index contributed by atoms with van der Waals surface area (Å²) in [6.45, 7) is 0.282. The molecule has 1 amide bonds. The van der Waals surface area contributed by atoms with Crippen molar-refractivity contribution in [3.8, 4) is 23.0 Å². The second-order valence-electron chi connectivity index (χ2n) is 6.66. The van der Waals surface area contributed by atoms with Crippen molar-refractivity contribution < 1.29 is 23.7 Å². The topological polar surface area (TPSA) is 66.0 Å². The summed E-state index contributed by atoms with van der Waals surface area (Å²) in [4.78, 5) is 12.3. The molecule has 28 heavy (non-hydrogen) atoms. The first kappa shape index (κ1) is 19.9. The van der Waals surface area contributed by atoms with Gasteiger partial charge in [0, 0.05) is 12.1 Å². The molecule has 3 rings (SSSR count). The van der Waals surface area contributed by atoms with Crippen molar-refractivity contribution in [1.82, 2.24) is 5.32 Å². The first-order valence-corrected chi connectivity index (χ1v) is 9.46. The van der Waals surface area contributed by atoms with Gasteiger partial charge in [0.25, 0.3) is 5.91 Å². The van der Waals surface area contributed by atoms with Crippen LogP contribution in [0, 0.1) is 0 Å². The van der Waals surface area contributed by atoms with Gasteiger partial charge < -0.3 is 24.3 Å². The summed E-state index contributed by atoms with van der Waals surface area (Å²) in [5, 5.41) is 2.87. The minimum atomic E-state index is -0.190. The second-order valence-corrected chi connectivity index (χ2v) is 6.66. The normalized spacial score (nSPS) is 12.7. The van der Waals surface area contributed by atoms with Crippen LogP contribution in [0.4, 0.5) is 0 Å². The molecule has 1 N–H and O–H groups in total. The summed E-state index contributed by atoms with van der Waals surface area (Å²) in [6.07, 6.45) is 4.47. The van der Waals surface area contributed by atoms with Gasteiger partial charge in [-0.25, -0.2) is 0 Å². The van der Waals surface area contributed by atoms with Crippen LogP contribution in [0.25, 0.3) is 0 Å². The summed E-state index contributed by atoms with van der Waals surface area (Å²) < 4.78 is 21.9. The van der Waals surface area contributed by atoms with Crippen molar-refractivity contribution >= 4 is 5.91 Å². The molecular formula is C22H27NO5. The number of nitrogens with one attached hydrogen (secondary N) is 1. The van der Waals surface area contributed by atoms with Gasteiger partial charge in [0.15, 0.2) is 18.1 Å². The average molecular weight is 385 g/mol. The monoisotopic (exact) mass is 385 g/mol. The van der Waals surface area contributed by atoms with Crippen molar-refractivity contribution in [3.05, 3.63) is 47.0 Å². The van der Waals surface area contributed by atoms with E-state index in [4.69, 9.17) is 18.9 Å². The first-order valence-electron chi connectivity index (χ1n) is 9.46. The molecule has 0 atom stereocenters. The summed E-state index contributed by atoms with van der Waals surface area (Å²) in [5.74, 6) is 2.25. The molecule has 0 bridgehead atoms. The van der Waals surface area contributed by atoms with E-state index in [0.29, 0.717) is 23.8 Å². The van der Waals surface area contributed by atoms with Crippen LogP contribution in [0.3, 0.4) is 0 Å². The van der Waals surface area contributed by atoms with Gasteiger partial charge in [-0.05, 0) is 55.0 Å². The summed E-state index contributed by atoms with van der Waals surface area (Å²) in [6, 6.07) is 9.70. The van der Waals surface area contributed by atoms with Crippen molar-refractivity contribution in [1.29, 1.82) is 0 Å². The molecule has 0 aromatic heterocycles. The number of amides is 1. The van der Waals surface area contributed by atoms with E-state index >= 15 is 0 Å². The lowest BCUT2D eigenvalue weighted by Gasteiger charge is -2.19. The molecule has 2 aromatic rings. The zero-order valence-electron chi connectivity index (χ0n) is 16.7. The highest BCUT2D eigenvalue weighted by molar-refractivity contribution is 5.77. The predicted molar refractivity (Wildman–Crippen MR) is 107 cm³/mol. The molecule has 1 aliphatic carbocycles. The van der Waals surface area contributed by atoms with Crippen molar-refractivity contribution in [3.63, 3.8) is 0 Å². The molecule has 0 saturated heterocycles. The van der Waals surface area contributed by atoms with Gasteiger partial charge in [0.1, 0.15) is 5.75 Å². The number of rotatable bonds is 8. The van der Waals surface area contributed by atoms with E-state index in [2.05, 4.69) is 11.4 Å². The van der Waals surface area contributed by atoms with Crippen LogP contribution in [0.2, 0.25) is 0 Å². The molecule has 0 unspecified atom stereocenters. The Bertz CT molecular complexity index is 834. The lowest BCUT2D eigenvalue weighted by molar-refractivity contribution is -0.123. The van der Waals surface area contributed by atoms with Crippen molar-refractivity contribution in [2.24, 2.45) is 0 Å². The third kappa shape index (κ3) is 4.32. The number of hydrogen-bond donors (Lipinski definition) is 1. The molecule has 0 aliphatic heterocycles. The second kappa shape index (κ2) is 9.35. The van der Waals surface area contributed by atoms with Crippen LogP contribution in [-0.2, 0) is 24.2 Å². The van der Waals surface area contributed by atoms with Crippen molar-refractivity contribution in [2.75, 3.05) is 27.9 Å². The molecule has 150 valence electrons. The lowest BCUT2D eigenvalue weighted by Crippen LogP contribution is -2.28. The van der Waals surface area contributed by atoms with Crippen LogP contribution < -0.4 is 24.3 Å². The van der Waals surface area contributed by atoms with Gasteiger partial charge in [-0.1, -0.05) is 12.1 Å². The fraction of sp³-hybridized carbons (Fsp3) is 0.409. The lowest BCUT2D eigenvalue weighted by atomic mass is 9.91. The molecule has 2 aromatic carbocycles. The van der Waals surface area contributed by atoms with E-state index in [1.807, 2.05) is 18.2 Å². The highest BCUT2D eigenvalue weighted by Gasteiger charge is 2.17. The Morgan fingerprint density at radius 2 is 1.71 bits per heavy atom. The van der Waals surface area contributed by atoms with E-state index in [9.17, 15) is 4.79 Å². The number of hydrogen-bond acceptors (Lipinski definition) is 5. The maximum absolute atomic E-state index is 12.3. The Labute approximate surface area is 165 Å². The van der Waals surface area contributed by atoms with Gasteiger partial charge in [-0.2, -0.15) is 0 Å². The smallest absolute Gasteiger partial charge is 0.258 e. The largest absolute Gasteiger partial charge is 0.493 e. The van der Waals surface area contributed by atoms with E-state index < -0.39 is 0 Å². The molecule has 0 spiro atoms. The van der Waals surface area contributed by atoms with Crippen LogP contribution >= 0.6 is 0 Å². The summed E-state index contributed by atoms with van der Waals surface area (Å²) in [5.41, 5.74) is 3.37. The van der Waals surface area contributed by atoms with Gasteiger partial charge in [0.2, 0.25) is 5.75 Å². The molecule has 6 heteroatoms. The highest BCUT2D eigenvalue weighted by atomic mass is 16.5. The number of carbonyl (C=O) groups is 1. The fourth-order valence-corrected chi connectivity index (χ4v) is 3.57. The number of methoxy groups -OCH3 is 3. The number of ether oxygens (including phenoxy) is 4. The molecule has 0 saturated carbocycles.